The van der Waals surface area contributed by atoms with Gasteiger partial charge in [-0.2, -0.15) is 0 Å². The number of fused-ring (bicyclic) bond motifs is 1. The van der Waals surface area contributed by atoms with E-state index in [0.717, 1.165) is 5.69 Å². The monoisotopic (exact) mass is 351 g/mol. The Morgan fingerprint density at radius 2 is 1.70 bits per heavy atom. The van der Waals surface area contributed by atoms with Crippen molar-refractivity contribution in [1.29, 1.82) is 0 Å². The van der Waals surface area contributed by atoms with Crippen LogP contribution in [0.5, 0.6) is 0 Å². The van der Waals surface area contributed by atoms with Crippen molar-refractivity contribution in [2.24, 2.45) is 0 Å². The Morgan fingerprint density at radius 1 is 1.04 bits per heavy atom. The Bertz CT molecular complexity index is 949. The van der Waals surface area contributed by atoms with E-state index in [-0.39, 0.29) is 9.79 Å². The van der Waals surface area contributed by atoms with Gasteiger partial charge in [0.2, 0.25) is 0 Å². The van der Waals surface area contributed by atoms with Gasteiger partial charge in [0.05, 0.1) is 15.5 Å². The molecule has 23 heavy (non-hydrogen) atoms. The Labute approximate surface area is 136 Å². The van der Waals surface area contributed by atoms with Crippen LogP contribution in [0, 0.1) is 0 Å². The van der Waals surface area contributed by atoms with Crippen molar-refractivity contribution in [3.05, 3.63) is 54.1 Å². The number of anilines is 1. The van der Waals surface area contributed by atoms with Crippen LogP contribution in [-0.4, -0.2) is 36.7 Å². The average Bonchev–Trinajstić information content (AvgIpc) is 2.80. The van der Waals surface area contributed by atoms with Gasteiger partial charge < -0.3 is 4.90 Å². The first kappa shape index (κ1) is 16.0. The lowest BCUT2D eigenvalue weighted by molar-refractivity contribution is 0.582. The van der Waals surface area contributed by atoms with Crippen molar-refractivity contribution < 1.29 is 16.8 Å². The molecular formula is C16H17NO4S2. The lowest BCUT2D eigenvalue weighted by Crippen LogP contribution is -2.15. The molecule has 0 N–H and O–H groups in total. The summed E-state index contributed by atoms with van der Waals surface area (Å²) in [6, 6.07) is 12.9. The highest BCUT2D eigenvalue weighted by atomic mass is 32.2. The number of nitrogens with zero attached hydrogens (tertiary/aromatic N) is 1. The molecule has 0 aromatic heterocycles. The SMILES string of the molecule is CN(C)c1ccc2c(c1)S(=O)(=O)CC2S(=O)(=O)c1ccccc1. The molecule has 0 bridgehead atoms. The summed E-state index contributed by atoms with van der Waals surface area (Å²) in [6.45, 7) is 0. The second-order valence-corrected chi connectivity index (χ2v) is 9.88. The van der Waals surface area contributed by atoms with Crippen LogP contribution in [0.1, 0.15) is 10.8 Å². The molecule has 0 amide bonds. The van der Waals surface area contributed by atoms with E-state index in [0.29, 0.717) is 5.56 Å². The third kappa shape index (κ3) is 2.64. The van der Waals surface area contributed by atoms with E-state index in [1.54, 1.807) is 41.3 Å². The zero-order chi connectivity index (χ0) is 16.8. The largest absolute Gasteiger partial charge is 0.378 e. The van der Waals surface area contributed by atoms with Crippen molar-refractivity contribution >= 4 is 25.4 Å². The normalized spacial score (nSPS) is 19.3. The van der Waals surface area contributed by atoms with Gasteiger partial charge in [-0.1, -0.05) is 24.3 Å². The standard InChI is InChI=1S/C16H17NO4S2/c1-17(2)12-8-9-14-15(10-12)22(18,19)11-16(14)23(20,21)13-6-4-3-5-7-13/h3-10,16H,11H2,1-2H3. The van der Waals surface area contributed by atoms with Gasteiger partial charge in [0.25, 0.3) is 0 Å². The smallest absolute Gasteiger partial charge is 0.186 e. The number of hydrogen-bond acceptors (Lipinski definition) is 5. The Morgan fingerprint density at radius 3 is 2.30 bits per heavy atom. The second kappa shape index (κ2) is 5.35. The van der Waals surface area contributed by atoms with Crippen molar-refractivity contribution in [2.75, 3.05) is 24.7 Å². The third-order valence-electron chi connectivity index (χ3n) is 4.01. The predicted octanol–water partition coefficient (Wildman–Crippen LogP) is 2.05. The lowest BCUT2D eigenvalue weighted by atomic mass is 10.1. The molecular weight excluding hydrogens is 334 g/mol. The maximum absolute atomic E-state index is 12.8. The van der Waals surface area contributed by atoms with Crippen molar-refractivity contribution in [2.45, 2.75) is 15.0 Å². The minimum absolute atomic E-state index is 0.119. The van der Waals surface area contributed by atoms with Crippen LogP contribution < -0.4 is 4.90 Å². The molecule has 0 aliphatic carbocycles. The average molecular weight is 351 g/mol. The van der Waals surface area contributed by atoms with E-state index in [9.17, 15) is 16.8 Å². The zero-order valence-corrected chi connectivity index (χ0v) is 14.4. The predicted molar refractivity (Wildman–Crippen MR) is 89.2 cm³/mol. The maximum Gasteiger partial charge on any atom is 0.186 e. The number of rotatable bonds is 3. The van der Waals surface area contributed by atoms with Gasteiger partial charge in [-0.15, -0.1) is 0 Å². The number of hydrogen-bond donors (Lipinski definition) is 0. The molecule has 1 aliphatic heterocycles. The fourth-order valence-corrected chi connectivity index (χ4v) is 7.11. The molecule has 5 nitrogen and oxygen atoms in total. The Hall–Kier alpha value is -1.86. The Kier molecular flexibility index (Phi) is 3.72. The van der Waals surface area contributed by atoms with Gasteiger partial charge in [0.15, 0.2) is 19.7 Å². The first-order valence-electron chi connectivity index (χ1n) is 7.06. The van der Waals surface area contributed by atoms with E-state index in [1.165, 1.54) is 12.1 Å². The highest BCUT2D eigenvalue weighted by molar-refractivity contribution is 7.96. The van der Waals surface area contributed by atoms with Crippen molar-refractivity contribution in [3.63, 3.8) is 0 Å². The minimum atomic E-state index is -3.75. The summed E-state index contributed by atoms with van der Waals surface area (Å²) in [5, 5.41) is -1.05. The van der Waals surface area contributed by atoms with E-state index in [4.69, 9.17) is 0 Å². The molecule has 1 heterocycles. The van der Waals surface area contributed by atoms with Crippen LogP contribution in [0.25, 0.3) is 0 Å². The van der Waals surface area contributed by atoms with E-state index < -0.39 is 30.7 Å². The summed E-state index contributed by atoms with van der Waals surface area (Å²) in [7, 11) is -3.74. The summed E-state index contributed by atoms with van der Waals surface area (Å²) in [4.78, 5) is 2.05. The summed E-state index contributed by atoms with van der Waals surface area (Å²) in [6.07, 6.45) is 0. The first-order chi connectivity index (χ1) is 10.7. The third-order valence-corrected chi connectivity index (χ3v) is 8.12. The van der Waals surface area contributed by atoms with Crippen LogP contribution in [0.4, 0.5) is 5.69 Å². The van der Waals surface area contributed by atoms with Crippen molar-refractivity contribution in [1.82, 2.24) is 0 Å². The summed E-state index contributed by atoms with van der Waals surface area (Å²) < 4.78 is 50.5. The molecule has 2 aromatic rings. The maximum atomic E-state index is 12.8. The van der Waals surface area contributed by atoms with Gasteiger partial charge >= 0.3 is 0 Å². The van der Waals surface area contributed by atoms with E-state index >= 15 is 0 Å². The fraction of sp³-hybridized carbons (Fsp3) is 0.250. The van der Waals surface area contributed by atoms with Gasteiger partial charge in [-0.05, 0) is 29.8 Å². The molecule has 0 saturated carbocycles. The van der Waals surface area contributed by atoms with E-state index in [2.05, 4.69) is 0 Å². The van der Waals surface area contributed by atoms with Crippen LogP contribution in [0.3, 0.4) is 0 Å². The molecule has 1 unspecified atom stereocenters. The number of sulfone groups is 2. The van der Waals surface area contributed by atoms with E-state index in [1.807, 2.05) is 14.1 Å². The summed E-state index contributed by atoms with van der Waals surface area (Å²) >= 11 is 0. The van der Waals surface area contributed by atoms with Gasteiger partial charge in [-0.25, -0.2) is 16.8 Å². The van der Waals surface area contributed by atoms with Crippen LogP contribution in [0.15, 0.2) is 58.3 Å². The van der Waals surface area contributed by atoms with Crippen LogP contribution in [0.2, 0.25) is 0 Å². The van der Waals surface area contributed by atoms with Crippen molar-refractivity contribution in [3.8, 4) is 0 Å². The molecule has 0 fully saturated rings. The highest BCUT2D eigenvalue weighted by Gasteiger charge is 2.43. The van der Waals surface area contributed by atoms with Gasteiger partial charge in [0, 0.05) is 19.8 Å². The molecule has 0 radical (unpaired) electrons. The molecule has 7 heteroatoms. The first-order valence-corrected chi connectivity index (χ1v) is 10.3. The highest BCUT2D eigenvalue weighted by Crippen LogP contribution is 2.42. The molecule has 0 saturated heterocycles. The second-order valence-electron chi connectivity index (χ2n) is 5.74. The molecule has 2 aromatic carbocycles. The van der Waals surface area contributed by atoms with Crippen LogP contribution >= 0.6 is 0 Å². The molecule has 0 spiro atoms. The zero-order valence-electron chi connectivity index (χ0n) is 12.8. The molecule has 1 atom stereocenters. The fourth-order valence-electron chi connectivity index (χ4n) is 2.75. The topological polar surface area (TPSA) is 71.5 Å². The quantitative estimate of drug-likeness (QED) is 0.846. The molecule has 1 aliphatic rings. The van der Waals surface area contributed by atoms with Crippen LogP contribution in [-0.2, 0) is 19.7 Å². The summed E-state index contributed by atoms with van der Waals surface area (Å²) in [5.41, 5.74) is 1.09. The molecule has 3 rings (SSSR count). The van der Waals surface area contributed by atoms with Gasteiger partial charge in [-0.3, -0.25) is 0 Å². The number of benzene rings is 2. The molecule has 122 valence electrons. The summed E-state index contributed by atoms with van der Waals surface area (Å²) in [5.74, 6) is -0.406. The lowest BCUT2D eigenvalue weighted by Gasteiger charge is -2.15. The van der Waals surface area contributed by atoms with Gasteiger partial charge in [0.1, 0.15) is 5.25 Å². The minimum Gasteiger partial charge on any atom is -0.378 e. The Balaban J connectivity index is 2.17.